The molecule has 1 aromatic carbocycles. The summed E-state index contributed by atoms with van der Waals surface area (Å²) >= 11 is 0. The Bertz CT molecular complexity index is 366. The molecule has 1 aromatic rings. The van der Waals surface area contributed by atoms with Gasteiger partial charge in [-0.1, -0.05) is 51.1 Å². The molecule has 1 saturated carbocycles. The Balaban J connectivity index is 1.95. The van der Waals surface area contributed by atoms with Crippen LogP contribution in [0.1, 0.15) is 52.0 Å². The highest BCUT2D eigenvalue weighted by atomic mass is 16.3. The summed E-state index contributed by atoms with van der Waals surface area (Å²) < 4.78 is 0. The monoisotopic (exact) mass is 246 g/mol. The van der Waals surface area contributed by atoms with Crippen LogP contribution in [-0.2, 0) is 6.42 Å². The van der Waals surface area contributed by atoms with Crippen LogP contribution < -0.4 is 0 Å². The second kappa shape index (κ2) is 5.05. The molecule has 1 nitrogen and oxygen atoms in total. The molecule has 0 spiro atoms. The van der Waals surface area contributed by atoms with Crippen molar-refractivity contribution >= 4 is 0 Å². The van der Waals surface area contributed by atoms with E-state index in [0.717, 1.165) is 38.0 Å². The summed E-state index contributed by atoms with van der Waals surface area (Å²) in [5.41, 5.74) is 1.17. The van der Waals surface area contributed by atoms with E-state index in [2.05, 4.69) is 45.0 Å². The first-order valence-electron chi connectivity index (χ1n) is 7.15. The lowest BCUT2D eigenvalue weighted by Crippen LogP contribution is -2.39. The number of hydrogen-bond donors (Lipinski definition) is 1. The fraction of sp³-hybridized carbons (Fsp3) is 0.647. The van der Waals surface area contributed by atoms with E-state index >= 15 is 0 Å². The third-order valence-corrected chi connectivity index (χ3v) is 4.52. The van der Waals surface area contributed by atoms with Gasteiger partial charge in [-0.3, -0.25) is 0 Å². The Labute approximate surface area is 111 Å². The van der Waals surface area contributed by atoms with E-state index in [1.807, 2.05) is 6.07 Å². The van der Waals surface area contributed by atoms with Crippen LogP contribution in [0.15, 0.2) is 30.3 Å². The maximum atomic E-state index is 10.7. The summed E-state index contributed by atoms with van der Waals surface area (Å²) in [6.07, 6.45) is 5.03. The Morgan fingerprint density at radius 1 is 1.11 bits per heavy atom. The first-order valence-corrected chi connectivity index (χ1v) is 7.15. The zero-order valence-electron chi connectivity index (χ0n) is 11.9. The fourth-order valence-corrected chi connectivity index (χ4v) is 3.17. The lowest BCUT2D eigenvalue weighted by molar-refractivity contribution is -0.0245. The van der Waals surface area contributed by atoms with E-state index in [4.69, 9.17) is 0 Å². The quantitative estimate of drug-likeness (QED) is 0.829. The minimum atomic E-state index is -0.469. The predicted octanol–water partition coefficient (Wildman–Crippen LogP) is 4.20. The van der Waals surface area contributed by atoms with Gasteiger partial charge in [-0.25, -0.2) is 0 Å². The zero-order chi connectivity index (χ0) is 13.2. The van der Waals surface area contributed by atoms with Crippen molar-refractivity contribution in [2.75, 3.05) is 0 Å². The molecule has 1 fully saturated rings. The highest BCUT2D eigenvalue weighted by molar-refractivity contribution is 5.17. The molecule has 0 saturated heterocycles. The Morgan fingerprint density at radius 3 is 2.17 bits per heavy atom. The van der Waals surface area contributed by atoms with Crippen LogP contribution in [0.4, 0.5) is 0 Å². The molecule has 0 aromatic heterocycles. The van der Waals surface area contributed by atoms with Gasteiger partial charge in [0.2, 0.25) is 0 Å². The molecular formula is C17H26O. The second-order valence-electron chi connectivity index (χ2n) is 7.03. The molecule has 1 aliphatic rings. The van der Waals surface area contributed by atoms with E-state index in [1.165, 1.54) is 5.56 Å². The van der Waals surface area contributed by atoms with Crippen LogP contribution in [0.5, 0.6) is 0 Å². The average Bonchev–Trinajstić information content (AvgIpc) is 2.29. The molecular weight excluding hydrogens is 220 g/mol. The lowest BCUT2D eigenvalue weighted by Gasteiger charge is -2.41. The molecule has 18 heavy (non-hydrogen) atoms. The van der Waals surface area contributed by atoms with Gasteiger partial charge < -0.3 is 5.11 Å². The van der Waals surface area contributed by atoms with Gasteiger partial charge in [0.15, 0.2) is 0 Å². The predicted molar refractivity (Wildman–Crippen MR) is 76.5 cm³/mol. The molecule has 0 bridgehead atoms. The Morgan fingerprint density at radius 2 is 1.67 bits per heavy atom. The van der Waals surface area contributed by atoms with Crippen molar-refractivity contribution in [1.29, 1.82) is 0 Å². The summed E-state index contributed by atoms with van der Waals surface area (Å²) in [5.74, 6) is 0.758. The summed E-state index contributed by atoms with van der Waals surface area (Å²) in [5, 5.41) is 10.7. The second-order valence-corrected chi connectivity index (χ2v) is 7.03. The summed E-state index contributed by atoms with van der Waals surface area (Å²) in [6, 6.07) is 10.4. The molecule has 0 atom stereocenters. The van der Waals surface area contributed by atoms with Gasteiger partial charge in [0.1, 0.15) is 0 Å². The first kappa shape index (κ1) is 13.6. The van der Waals surface area contributed by atoms with Crippen LogP contribution in [0.25, 0.3) is 0 Å². The SMILES string of the molecule is CC(C)(C)C1CCC(O)(Cc2ccccc2)CC1. The molecule has 100 valence electrons. The van der Waals surface area contributed by atoms with Gasteiger partial charge in [0.05, 0.1) is 5.60 Å². The lowest BCUT2D eigenvalue weighted by atomic mass is 9.67. The number of benzene rings is 1. The molecule has 1 N–H and O–H groups in total. The first-order chi connectivity index (χ1) is 8.39. The molecule has 0 aliphatic heterocycles. The molecule has 0 heterocycles. The number of aliphatic hydroxyl groups is 1. The van der Waals surface area contributed by atoms with Crippen molar-refractivity contribution in [2.45, 2.75) is 58.5 Å². The Kier molecular flexibility index (Phi) is 3.82. The van der Waals surface area contributed by atoms with E-state index in [-0.39, 0.29) is 0 Å². The maximum Gasteiger partial charge on any atom is 0.0688 e. The molecule has 1 heteroatoms. The van der Waals surface area contributed by atoms with Crippen LogP contribution >= 0.6 is 0 Å². The normalized spacial score (nSPS) is 29.2. The van der Waals surface area contributed by atoms with E-state index < -0.39 is 5.60 Å². The van der Waals surface area contributed by atoms with Gasteiger partial charge in [0.25, 0.3) is 0 Å². The van der Waals surface area contributed by atoms with E-state index in [9.17, 15) is 5.11 Å². The largest absolute Gasteiger partial charge is 0.390 e. The fourth-order valence-electron chi connectivity index (χ4n) is 3.17. The number of rotatable bonds is 2. The van der Waals surface area contributed by atoms with Gasteiger partial charge >= 0.3 is 0 Å². The molecule has 0 radical (unpaired) electrons. The van der Waals surface area contributed by atoms with Gasteiger partial charge in [-0.15, -0.1) is 0 Å². The average molecular weight is 246 g/mol. The minimum Gasteiger partial charge on any atom is -0.390 e. The molecule has 1 aliphatic carbocycles. The highest BCUT2D eigenvalue weighted by Crippen LogP contribution is 2.42. The topological polar surface area (TPSA) is 20.2 Å². The van der Waals surface area contributed by atoms with Crippen molar-refractivity contribution in [1.82, 2.24) is 0 Å². The molecule has 2 rings (SSSR count). The van der Waals surface area contributed by atoms with Crippen molar-refractivity contribution in [2.24, 2.45) is 11.3 Å². The van der Waals surface area contributed by atoms with Crippen LogP contribution in [0.2, 0.25) is 0 Å². The third kappa shape index (κ3) is 3.35. The van der Waals surface area contributed by atoms with E-state index in [0.29, 0.717) is 5.41 Å². The van der Waals surface area contributed by atoms with E-state index in [1.54, 1.807) is 0 Å². The summed E-state index contributed by atoms with van der Waals surface area (Å²) in [6.45, 7) is 6.96. The van der Waals surface area contributed by atoms with Crippen molar-refractivity contribution < 1.29 is 5.11 Å². The zero-order valence-corrected chi connectivity index (χ0v) is 11.9. The van der Waals surface area contributed by atoms with Crippen molar-refractivity contribution in [3.05, 3.63) is 35.9 Å². The van der Waals surface area contributed by atoms with Crippen molar-refractivity contribution in [3.8, 4) is 0 Å². The summed E-state index contributed by atoms with van der Waals surface area (Å²) in [7, 11) is 0. The Hall–Kier alpha value is -0.820. The van der Waals surface area contributed by atoms with Crippen LogP contribution in [-0.4, -0.2) is 10.7 Å². The minimum absolute atomic E-state index is 0.383. The summed E-state index contributed by atoms with van der Waals surface area (Å²) in [4.78, 5) is 0. The van der Waals surface area contributed by atoms with Gasteiger partial charge in [-0.2, -0.15) is 0 Å². The number of hydrogen-bond acceptors (Lipinski definition) is 1. The van der Waals surface area contributed by atoms with Crippen molar-refractivity contribution in [3.63, 3.8) is 0 Å². The highest BCUT2D eigenvalue weighted by Gasteiger charge is 2.37. The van der Waals surface area contributed by atoms with Crippen LogP contribution in [0.3, 0.4) is 0 Å². The third-order valence-electron chi connectivity index (χ3n) is 4.52. The van der Waals surface area contributed by atoms with Gasteiger partial charge in [0, 0.05) is 6.42 Å². The van der Waals surface area contributed by atoms with Crippen LogP contribution in [0, 0.1) is 11.3 Å². The van der Waals surface area contributed by atoms with Gasteiger partial charge in [-0.05, 0) is 42.6 Å². The molecule has 0 amide bonds. The smallest absolute Gasteiger partial charge is 0.0688 e. The maximum absolute atomic E-state index is 10.7. The standard InChI is InChI=1S/C17H26O/c1-16(2,3)15-9-11-17(18,12-10-15)13-14-7-5-4-6-8-14/h4-8,15,18H,9-13H2,1-3H3. The molecule has 0 unspecified atom stereocenters.